The molecule has 0 aromatic heterocycles. The van der Waals surface area contributed by atoms with Gasteiger partial charge >= 0.3 is 0 Å². The van der Waals surface area contributed by atoms with Gasteiger partial charge in [0.05, 0.1) is 16.9 Å². The van der Waals surface area contributed by atoms with Crippen LogP contribution in [-0.4, -0.2) is 27.9 Å². The molecule has 1 amide bonds. The van der Waals surface area contributed by atoms with Gasteiger partial charge in [-0.2, -0.15) is 0 Å². The van der Waals surface area contributed by atoms with Crippen molar-refractivity contribution in [3.05, 3.63) is 29.3 Å². The van der Waals surface area contributed by atoms with E-state index < -0.39 is 11.1 Å². The third-order valence-electron chi connectivity index (χ3n) is 4.42. The summed E-state index contributed by atoms with van der Waals surface area (Å²) in [5.74, 6) is 0.325. The molecule has 1 aliphatic carbocycles. The first-order valence-corrected chi connectivity index (χ1v) is 8.45. The van der Waals surface area contributed by atoms with Crippen LogP contribution in [0.5, 0.6) is 0 Å². The molecule has 0 radical (unpaired) electrons. The number of amides is 1. The van der Waals surface area contributed by atoms with Crippen molar-refractivity contribution >= 4 is 17.7 Å². The molecule has 0 atom stereocenters. The summed E-state index contributed by atoms with van der Waals surface area (Å²) in [6.45, 7) is 7.10. The highest BCUT2D eigenvalue weighted by Gasteiger charge is 2.36. The van der Waals surface area contributed by atoms with Crippen molar-refractivity contribution in [2.75, 3.05) is 5.75 Å². The van der Waals surface area contributed by atoms with Gasteiger partial charge < -0.3 is 10.4 Å². The molecule has 0 heterocycles. The number of nitrogens with one attached hydrogen (secondary N) is 1. The Morgan fingerprint density at radius 2 is 1.90 bits per heavy atom. The molecular formula is C17H25NO2S. The fourth-order valence-electron chi connectivity index (χ4n) is 2.32. The normalized spacial score (nSPS) is 14.9. The topological polar surface area (TPSA) is 49.3 Å². The van der Waals surface area contributed by atoms with Crippen molar-refractivity contribution in [2.24, 2.45) is 0 Å². The van der Waals surface area contributed by atoms with Crippen LogP contribution in [0.3, 0.4) is 0 Å². The fourth-order valence-corrected chi connectivity index (χ4v) is 3.08. The first kappa shape index (κ1) is 16.4. The Balaban J connectivity index is 1.90. The summed E-state index contributed by atoms with van der Waals surface area (Å²) in [6.07, 6.45) is 3.58. The molecule has 0 spiro atoms. The number of rotatable bonds is 5. The molecule has 0 unspecified atom stereocenters. The molecule has 3 nitrogen and oxygen atoms in total. The third kappa shape index (κ3) is 4.01. The van der Waals surface area contributed by atoms with E-state index in [2.05, 4.69) is 23.5 Å². The first-order chi connectivity index (χ1) is 9.69. The van der Waals surface area contributed by atoms with Crippen LogP contribution in [0.1, 0.15) is 45.2 Å². The van der Waals surface area contributed by atoms with Crippen LogP contribution in [0.15, 0.2) is 23.1 Å². The smallest absolute Gasteiger partial charge is 0.230 e. The maximum Gasteiger partial charge on any atom is 0.230 e. The Labute approximate surface area is 131 Å². The molecule has 2 N–H and O–H groups in total. The van der Waals surface area contributed by atoms with Crippen LogP contribution in [0.25, 0.3) is 0 Å². The summed E-state index contributed by atoms with van der Waals surface area (Å²) in [4.78, 5) is 13.2. The summed E-state index contributed by atoms with van der Waals surface area (Å²) in [7, 11) is 0. The van der Waals surface area contributed by atoms with E-state index in [4.69, 9.17) is 0 Å². The number of aryl methyl sites for hydroxylation is 2. The van der Waals surface area contributed by atoms with Gasteiger partial charge in [0.15, 0.2) is 0 Å². The predicted molar refractivity (Wildman–Crippen MR) is 87.7 cm³/mol. The number of aliphatic hydroxyl groups is 1. The Hall–Kier alpha value is -1.00. The van der Waals surface area contributed by atoms with E-state index >= 15 is 0 Å². The summed E-state index contributed by atoms with van der Waals surface area (Å²) in [5.41, 5.74) is 1.27. The van der Waals surface area contributed by atoms with Gasteiger partial charge in [-0.05, 0) is 70.2 Å². The number of carbonyl (C=O) groups is 1. The van der Waals surface area contributed by atoms with Gasteiger partial charge in [0, 0.05) is 4.90 Å². The summed E-state index contributed by atoms with van der Waals surface area (Å²) in [6, 6.07) is 6.49. The average Bonchev–Trinajstić information content (AvgIpc) is 2.81. The monoisotopic (exact) mass is 307 g/mol. The van der Waals surface area contributed by atoms with E-state index in [0.29, 0.717) is 5.75 Å². The largest absolute Gasteiger partial charge is 0.388 e. The molecule has 1 aromatic rings. The second-order valence-corrected chi connectivity index (χ2v) is 7.85. The van der Waals surface area contributed by atoms with Crippen LogP contribution in [-0.2, 0) is 17.6 Å². The molecule has 1 aromatic carbocycles. The highest BCUT2D eigenvalue weighted by molar-refractivity contribution is 8.00. The van der Waals surface area contributed by atoms with E-state index in [0.717, 1.165) is 11.3 Å². The van der Waals surface area contributed by atoms with E-state index in [9.17, 15) is 9.90 Å². The molecular weight excluding hydrogens is 282 g/mol. The van der Waals surface area contributed by atoms with Gasteiger partial charge in [-0.3, -0.25) is 4.79 Å². The SMILES string of the molecule is CC(C)(O)C(C)(C)NC(=O)CSc1ccc2c(c1)CCC2. The van der Waals surface area contributed by atoms with Crippen LogP contribution in [0.4, 0.5) is 0 Å². The molecule has 2 rings (SSSR count). The van der Waals surface area contributed by atoms with Gasteiger partial charge in [-0.15, -0.1) is 11.8 Å². The number of carbonyl (C=O) groups excluding carboxylic acids is 1. The quantitative estimate of drug-likeness (QED) is 0.822. The minimum Gasteiger partial charge on any atom is -0.388 e. The lowest BCUT2D eigenvalue weighted by atomic mass is 9.86. The lowest BCUT2D eigenvalue weighted by Crippen LogP contribution is -2.58. The van der Waals surface area contributed by atoms with Gasteiger partial charge in [-0.1, -0.05) is 6.07 Å². The molecule has 1 aliphatic rings. The van der Waals surface area contributed by atoms with Crippen molar-refractivity contribution in [3.63, 3.8) is 0 Å². The molecule has 0 fully saturated rings. The van der Waals surface area contributed by atoms with Gasteiger partial charge in [0.25, 0.3) is 0 Å². The van der Waals surface area contributed by atoms with Crippen molar-refractivity contribution in [1.29, 1.82) is 0 Å². The Bertz CT molecular complexity index is 532. The standard InChI is InChI=1S/C17H25NO2S/c1-16(2,17(3,4)20)18-15(19)11-21-14-9-8-12-6-5-7-13(12)10-14/h8-10,20H,5-7,11H2,1-4H3,(H,18,19). The van der Waals surface area contributed by atoms with Crippen molar-refractivity contribution in [3.8, 4) is 0 Å². The number of hydrogen-bond donors (Lipinski definition) is 2. The maximum atomic E-state index is 12.1. The second kappa shape index (κ2) is 6.01. The molecule has 21 heavy (non-hydrogen) atoms. The van der Waals surface area contributed by atoms with Crippen molar-refractivity contribution < 1.29 is 9.90 Å². The van der Waals surface area contributed by atoms with E-state index in [1.54, 1.807) is 25.6 Å². The van der Waals surface area contributed by atoms with Gasteiger partial charge in [-0.25, -0.2) is 0 Å². The van der Waals surface area contributed by atoms with Crippen molar-refractivity contribution in [2.45, 2.75) is 63.0 Å². The van der Waals surface area contributed by atoms with Gasteiger partial charge in [0.2, 0.25) is 5.91 Å². The molecule has 116 valence electrons. The molecule has 0 saturated carbocycles. The minimum absolute atomic E-state index is 0.0485. The summed E-state index contributed by atoms with van der Waals surface area (Å²) < 4.78 is 0. The Morgan fingerprint density at radius 3 is 2.57 bits per heavy atom. The number of hydrogen-bond acceptors (Lipinski definition) is 3. The molecule has 4 heteroatoms. The summed E-state index contributed by atoms with van der Waals surface area (Å²) in [5, 5.41) is 13.0. The molecule has 0 bridgehead atoms. The average molecular weight is 307 g/mol. The zero-order valence-corrected chi connectivity index (χ0v) is 14.1. The fraction of sp³-hybridized carbons (Fsp3) is 0.588. The first-order valence-electron chi connectivity index (χ1n) is 7.47. The number of benzene rings is 1. The van der Waals surface area contributed by atoms with Crippen LogP contribution >= 0.6 is 11.8 Å². The zero-order valence-electron chi connectivity index (χ0n) is 13.3. The van der Waals surface area contributed by atoms with Crippen molar-refractivity contribution in [1.82, 2.24) is 5.32 Å². The third-order valence-corrected chi connectivity index (χ3v) is 5.42. The lowest BCUT2D eigenvalue weighted by Gasteiger charge is -2.37. The Morgan fingerprint density at radius 1 is 1.24 bits per heavy atom. The lowest BCUT2D eigenvalue weighted by molar-refractivity contribution is -0.123. The minimum atomic E-state index is -0.957. The molecule has 0 aliphatic heterocycles. The zero-order chi connectivity index (χ0) is 15.7. The van der Waals surface area contributed by atoms with E-state index in [-0.39, 0.29) is 5.91 Å². The maximum absolute atomic E-state index is 12.1. The second-order valence-electron chi connectivity index (χ2n) is 6.80. The highest BCUT2D eigenvalue weighted by Crippen LogP contribution is 2.28. The number of fused-ring (bicyclic) bond motifs is 1. The van der Waals surface area contributed by atoms with E-state index in [1.807, 2.05) is 13.8 Å². The number of thioether (sulfide) groups is 1. The van der Waals surface area contributed by atoms with Crippen LogP contribution in [0, 0.1) is 0 Å². The van der Waals surface area contributed by atoms with E-state index in [1.165, 1.54) is 24.0 Å². The highest BCUT2D eigenvalue weighted by atomic mass is 32.2. The van der Waals surface area contributed by atoms with Gasteiger partial charge in [0.1, 0.15) is 0 Å². The summed E-state index contributed by atoms with van der Waals surface area (Å²) >= 11 is 1.55. The Kier molecular flexibility index (Phi) is 4.69. The van der Waals surface area contributed by atoms with Crippen LogP contribution < -0.4 is 5.32 Å². The van der Waals surface area contributed by atoms with Crippen LogP contribution in [0.2, 0.25) is 0 Å². The molecule has 0 saturated heterocycles. The predicted octanol–water partition coefficient (Wildman–Crippen LogP) is 2.93.